The highest BCUT2D eigenvalue weighted by Gasteiger charge is 2.29. The van der Waals surface area contributed by atoms with Crippen LogP contribution in [0.3, 0.4) is 0 Å². The first-order valence-corrected chi connectivity index (χ1v) is 7.46. The summed E-state index contributed by atoms with van der Waals surface area (Å²) in [6.07, 6.45) is -0.783. The Labute approximate surface area is 125 Å². The van der Waals surface area contributed by atoms with E-state index in [-0.39, 0.29) is 18.2 Å². The molecule has 1 unspecified atom stereocenters. The molecule has 21 heavy (non-hydrogen) atoms. The van der Waals surface area contributed by atoms with Gasteiger partial charge in [-0.25, -0.2) is 0 Å². The molecule has 1 atom stereocenters. The van der Waals surface area contributed by atoms with Gasteiger partial charge in [-0.15, -0.1) is 11.3 Å². The summed E-state index contributed by atoms with van der Waals surface area (Å²) < 4.78 is 5.58. The summed E-state index contributed by atoms with van der Waals surface area (Å²) in [6, 6.07) is 11.1. The summed E-state index contributed by atoms with van der Waals surface area (Å²) in [7, 11) is 0. The van der Waals surface area contributed by atoms with Crippen molar-refractivity contribution in [2.24, 2.45) is 0 Å². The molecule has 0 fully saturated rings. The Morgan fingerprint density at radius 2 is 2.14 bits per heavy atom. The van der Waals surface area contributed by atoms with E-state index in [2.05, 4.69) is 10.6 Å². The smallest absolute Gasteiger partial charge is 0.266 e. The number of rotatable bonds is 4. The number of anilines is 1. The van der Waals surface area contributed by atoms with Gasteiger partial charge in [0.2, 0.25) is 5.91 Å². The Bertz CT molecular complexity index is 655. The highest BCUT2D eigenvalue weighted by atomic mass is 32.1. The van der Waals surface area contributed by atoms with Gasteiger partial charge >= 0.3 is 0 Å². The Balaban J connectivity index is 1.57. The van der Waals surface area contributed by atoms with Gasteiger partial charge in [-0.2, -0.15) is 0 Å². The van der Waals surface area contributed by atoms with Crippen LogP contribution in [0.4, 0.5) is 5.69 Å². The number of nitrogens with one attached hydrogen (secondary N) is 2. The fraction of sp³-hybridized carbons (Fsp3) is 0.200. The fourth-order valence-electron chi connectivity index (χ4n) is 2.07. The number of benzene rings is 1. The van der Waals surface area contributed by atoms with Crippen molar-refractivity contribution in [1.82, 2.24) is 5.32 Å². The third-order valence-corrected chi connectivity index (χ3v) is 3.99. The van der Waals surface area contributed by atoms with Crippen LogP contribution in [0.25, 0.3) is 0 Å². The molecular weight excluding hydrogens is 288 g/mol. The molecule has 0 aliphatic carbocycles. The number of fused-ring (bicyclic) bond motifs is 1. The van der Waals surface area contributed by atoms with Gasteiger partial charge in [-0.1, -0.05) is 18.2 Å². The fourth-order valence-corrected chi connectivity index (χ4v) is 2.71. The highest BCUT2D eigenvalue weighted by molar-refractivity contribution is 7.09. The lowest BCUT2D eigenvalue weighted by Crippen LogP contribution is -2.40. The molecule has 5 nitrogen and oxygen atoms in total. The average Bonchev–Trinajstić information content (AvgIpc) is 2.99. The second-order valence-electron chi connectivity index (χ2n) is 4.65. The van der Waals surface area contributed by atoms with Crippen molar-refractivity contribution < 1.29 is 14.3 Å². The normalized spacial score (nSPS) is 16.6. The number of hydrogen-bond acceptors (Lipinski definition) is 4. The van der Waals surface area contributed by atoms with Gasteiger partial charge in [0.25, 0.3) is 5.91 Å². The van der Waals surface area contributed by atoms with Crippen molar-refractivity contribution in [3.05, 3.63) is 46.7 Å². The molecular formula is C15H14N2O3S. The third-order valence-electron chi connectivity index (χ3n) is 3.12. The van der Waals surface area contributed by atoms with Crippen LogP contribution in [0.5, 0.6) is 5.75 Å². The minimum atomic E-state index is -0.789. The van der Waals surface area contributed by atoms with E-state index in [0.717, 1.165) is 4.88 Å². The summed E-state index contributed by atoms with van der Waals surface area (Å²) in [5.74, 6) is 0.0936. The average molecular weight is 302 g/mol. The van der Waals surface area contributed by atoms with E-state index in [1.807, 2.05) is 29.6 Å². The SMILES string of the molecule is O=C(CC1Oc2ccccc2NC1=O)NCc1cccs1. The maximum Gasteiger partial charge on any atom is 0.266 e. The second kappa shape index (κ2) is 5.97. The van der Waals surface area contributed by atoms with Gasteiger partial charge in [0.1, 0.15) is 5.75 Å². The summed E-state index contributed by atoms with van der Waals surface area (Å²) in [5, 5.41) is 7.49. The molecule has 1 aliphatic heterocycles. The Morgan fingerprint density at radius 1 is 1.29 bits per heavy atom. The van der Waals surface area contributed by atoms with Crippen molar-refractivity contribution in [1.29, 1.82) is 0 Å². The molecule has 1 aliphatic rings. The Hall–Kier alpha value is -2.34. The second-order valence-corrected chi connectivity index (χ2v) is 5.68. The van der Waals surface area contributed by atoms with Gasteiger partial charge in [-0.05, 0) is 23.6 Å². The number of thiophene rings is 1. The van der Waals surface area contributed by atoms with Gasteiger partial charge in [-0.3, -0.25) is 9.59 Å². The van der Waals surface area contributed by atoms with Crippen LogP contribution in [-0.4, -0.2) is 17.9 Å². The molecule has 0 bridgehead atoms. The van der Waals surface area contributed by atoms with Gasteiger partial charge in [0.15, 0.2) is 6.10 Å². The van der Waals surface area contributed by atoms with Crippen LogP contribution in [0.2, 0.25) is 0 Å². The lowest BCUT2D eigenvalue weighted by Gasteiger charge is -2.25. The van der Waals surface area contributed by atoms with Crippen molar-refractivity contribution in [3.63, 3.8) is 0 Å². The zero-order valence-electron chi connectivity index (χ0n) is 11.2. The highest BCUT2D eigenvalue weighted by Crippen LogP contribution is 2.29. The predicted molar refractivity (Wildman–Crippen MR) is 80.3 cm³/mol. The molecule has 2 amide bonds. The van der Waals surface area contributed by atoms with E-state index in [9.17, 15) is 9.59 Å². The molecule has 0 spiro atoms. The first-order valence-electron chi connectivity index (χ1n) is 6.58. The molecule has 0 radical (unpaired) electrons. The van der Waals surface area contributed by atoms with E-state index >= 15 is 0 Å². The van der Waals surface area contributed by atoms with E-state index in [1.165, 1.54) is 0 Å². The van der Waals surface area contributed by atoms with E-state index in [4.69, 9.17) is 4.74 Å². The summed E-state index contributed by atoms with van der Waals surface area (Å²) >= 11 is 1.58. The number of carbonyl (C=O) groups is 2. The quantitative estimate of drug-likeness (QED) is 0.909. The number of ether oxygens (including phenoxy) is 1. The first kappa shape index (κ1) is 13.6. The molecule has 3 rings (SSSR count). The van der Waals surface area contributed by atoms with E-state index in [1.54, 1.807) is 23.5 Å². The molecule has 2 aromatic rings. The molecule has 6 heteroatoms. The van der Waals surface area contributed by atoms with Crippen LogP contribution < -0.4 is 15.4 Å². The van der Waals surface area contributed by atoms with E-state index < -0.39 is 6.10 Å². The lowest BCUT2D eigenvalue weighted by atomic mass is 10.1. The van der Waals surface area contributed by atoms with Crippen LogP contribution in [-0.2, 0) is 16.1 Å². The third kappa shape index (κ3) is 3.22. The van der Waals surface area contributed by atoms with Crippen LogP contribution in [0.15, 0.2) is 41.8 Å². The van der Waals surface area contributed by atoms with Crippen molar-refractivity contribution >= 4 is 28.8 Å². The van der Waals surface area contributed by atoms with Gasteiger partial charge < -0.3 is 15.4 Å². The standard InChI is InChI=1S/C15H14N2O3S/c18-14(16-9-10-4-3-7-21-10)8-13-15(19)17-11-5-1-2-6-12(11)20-13/h1-7,13H,8-9H2,(H,16,18)(H,17,19). The number of para-hydroxylation sites is 2. The first-order chi connectivity index (χ1) is 10.2. The molecule has 2 heterocycles. The maximum atomic E-state index is 11.9. The lowest BCUT2D eigenvalue weighted by molar-refractivity contribution is -0.130. The van der Waals surface area contributed by atoms with Gasteiger partial charge in [0.05, 0.1) is 18.7 Å². The van der Waals surface area contributed by atoms with Crippen molar-refractivity contribution in [2.75, 3.05) is 5.32 Å². The van der Waals surface area contributed by atoms with Gasteiger partial charge in [0, 0.05) is 4.88 Å². The van der Waals surface area contributed by atoms with Crippen molar-refractivity contribution in [3.8, 4) is 5.75 Å². The topological polar surface area (TPSA) is 67.4 Å². The Kier molecular flexibility index (Phi) is 3.87. The monoisotopic (exact) mass is 302 g/mol. The Morgan fingerprint density at radius 3 is 2.95 bits per heavy atom. The zero-order valence-corrected chi connectivity index (χ0v) is 12.0. The van der Waals surface area contributed by atoms with Crippen LogP contribution in [0.1, 0.15) is 11.3 Å². The number of amides is 2. The predicted octanol–water partition coefficient (Wildman–Crippen LogP) is 2.15. The molecule has 2 N–H and O–H groups in total. The van der Waals surface area contributed by atoms with Crippen LogP contribution >= 0.6 is 11.3 Å². The van der Waals surface area contributed by atoms with Crippen molar-refractivity contribution in [2.45, 2.75) is 19.1 Å². The number of carbonyl (C=O) groups excluding carboxylic acids is 2. The molecule has 1 aromatic heterocycles. The number of hydrogen-bond donors (Lipinski definition) is 2. The molecule has 0 saturated carbocycles. The maximum absolute atomic E-state index is 11.9. The van der Waals surface area contributed by atoms with E-state index in [0.29, 0.717) is 18.0 Å². The minimum Gasteiger partial charge on any atom is -0.478 e. The largest absolute Gasteiger partial charge is 0.478 e. The summed E-state index contributed by atoms with van der Waals surface area (Å²) in [4.78, 5) is 24.9. The summed E-state index contributed by atoms with van der Waals surface area (Å²) in [5.41, 5.74) is 0.637. The van der Waals surface area contributed by atoms with Crippen LogP contribution in [0, 0.1) is 0 Å². The minimum absolute atomic E-state index is 0.00550. The molecule has 1 aromatic carbocycles. The zero-order chi connectivity index (χ0) is 14.7. The summed E-state index contributed by atoms with van der Waals surface area (Å²) in [6.45, 7) is 0.474. The molecule has 0 saturated heterocycles. The molecule has 108 valence electrons.